The number of nitrogens with one attached hydrogen (secondary N) is 3. The van der Waals surface area contributed by atoms with E-state index in [1.54, 1.807) is 42.2 Å². The van der Waals surface area contributed by atoms with E-state index in [1.165, 1.54) is 10.4 Å². The van der Waals surface area contributed by atoms with Gasteiger partial charge in [0.25, 0.3) is 0 Å². The molecule has 0 radical (unpaired) electrons. The molecule has 0 saturated carbocycles. The summed E-state index contributed by atoms with van der Waals surface area (Å²) in [5, 5.41) is 15.5. The fraction of sp³-hybridized carbons (Fsp3) is 0.348. The van der Waals surface area contributed by atoms with Crippen molar-refractivity contribution in [2.75, 3.05) is 38.7 Å². The number of aromatic nitrogens is 2. The Morgan fingerprint density at radius 1 is 1.27 bits per heavy atom. The number of ether oxygens (including phenoxy) is 1. The van der Waals surface area contributed by atoms with Crippen LogP contribution in [-0.2, 0) is 22.5 Å². The fourth-order valence-electron chi connectivity index (χ4n) is 3.90. The molecule has 4 aromatic rings. The van der Waals surface area contributed by atoms with Crippen molar-refractivity contribution in [1.29, 1.82) is 0 Å². The van der Waals surface area contributed by atoms with Crippen LogP contribution in [0.25, 0.3) is 31.9 Å². The molecule has 0 atom stereocenters. The molecule has 1 aromatic carbocycles. The number of carbonyl (C=O) groups excluding carboxylic acids is 1. The van der Waals surface area contributed by atoms with Gasteiger partial charge in [0.15, 0.2) is 0 Å². The Labute approximate surface area is 199 Å². The van der Waals surface area contributed by atoms with E-state index in [0.29, 0.717) is 19.6 Å². The number of methoxy groups -OCH3 is 1. The molecule has 0 bridgehead atoms. The van der Waals surface area contributed by atoms with Crippen LogP contribution in [0.5, 0.6) is 0 Å². The van der Waals surface area contributed by atoms with Crippen molar-refractivity contribution >= 4 is 43.8 Å². The SMILES string of the molecule is COCCNCCC(=O)Nc1sc2c(c1-c1nc3cc(-c4cnoc4)ccc3s1)CCNC2. The molecule has 0 spiro atoms. The Morgan fingerprint density at radius 2 is 2.21 bits per heavy atom. The van der Waals surface area contributed by atoms with E-state index in [0.717, 1.165) is 63.0 Å². The Morgan fingerprint density at radius 3 is 3.06 bits per heavy atom. The van der Waals surface area contributed by atoms with Crippen molar-refractivity contribution < 1.29 is 14.1 Å². The molecular formula is C23H25N5O3S2. The first kappa shape index (κ1) is 22.2. The molecule has 0 saturated heterocycles. The molecule has 0 aliphatic carbocycles. The molecule has 1 amide bonds. The first-order valence-electron chi connectivity index (χ1n) is 10.9. The first-order chi connectivity index (χ1) is 16.2. The summed E-state index contributed by atoms with van der Waals surface area (Å²) in [7, 11) is 1.67. The maximum Gasteiger partial charge on any atom is 0.226 e. The summed E-state index contributed by atoms with van der Waals surface area (Å²) in [5.41, 5.74) is 5.25. The van der Waals surface area contributed by atoms with Crippen molar-refractivity contribution in [1.82, 2.24) is 20.8 Å². The number of carbonyl (C=O) groups is 1. The van der Waals surface area contributed by atoms with E-state index in [1.807, 2.05) is 0 Å². The Balaban J connectivity index is 1.42. The number of hydrogen-bond donors (Lipinski definition) is 3. The second-order valence-electron chi connectivity index (χ2n) is 7.79. The van der Waals surface area contributed by atoms with Gasteiger partial charge in [0.2, 0.25) is 5.91 Å². The molecule has 10 heteroatoms. The van der Waals surface area contributed by atoms with Gasteiger partial charge in [0.1, 0.15) is 16.3 Å². The van der Waals surface area contributed by atoms with Crippen LogP contribution in [-0.4, -0.2) is 49.4 Å². The van der Waals surface area contributed by atoms with E-state index in [9.17, 15) is 4.79 Å². The highest BCUT2D eigenvalue weighted by atomic mass is 32.1. The standard InChI is InChI=1S/C23H25N5O3S2/c1-30-9-8-24-7-5-20(29)28-23-21(16-4-6-25-12-19(16)33-23)22-27-17-10-14(2-3-18(17)32-22)15-11-26-31-13-15/h2-3,10-11,13,24-25H,4-9,12H2,1H3,(H,28,29). The number of amides is 1. The van der Waals surface area contributed by atoms with Crippen LogP contribution in [0.15, 0.2) is 35.2 Å². The highest BCUT2D eigenvalue weighted by Crippen LogP contribution is 2.45. The average molecular weight is 484 g/mol. The van der Waals surface area contributed by atoms with Crippen LogP contribution in [0.2, 0.25) is 0 Å². The van der Waals surface area contributed by atoms with E-state index in [-0.39, 0.29) is 5.91 Å². The van der Waals surface area contributed by atoms with Gasteiger partial charge in [-0.3, -0.25) is 4.79 Å². The Hall–Kier alpha value is -2.63. The van der Waals surface area contributed by atoms with Gasteiger partial charge in [0.05, 0.1) is 23.0 Å². The number of hydrogen-bond acceptors (Lipinski definition) is 9. The number of nitrogens with zero attached hydrogens (tertiary/aromatic N) is 2. The minimum absolute atomic E-state index is 0.00331. The molecule has 5 rings (SSSR count). The number of thiophene rings is 1. The molecule has 3 aromatic heterocycles. The third kappa shape index (κ3) is 4.85. The molecule has 8 nitrogen and oxygen atoms in total. The monoisotopic (exact) mass is 483 g/mol. The largest absolute Gasteiger partial charge is 0.383 e. The van der Waals surface area contributed by atoms with Crippen molar-refractivity contribution in [2.45, 2.75) is 19.4 Å². The molecule has 0 fully saturated rings. The number of fused-ring (bicyclic) bond motifs is 2. The third-order valence-corrected chi connectivity index (χ3v) is 7.76. The van der Waals surface area contributed by atoms with Crippen molar-refractivity contribution in [3.8, 4) is 21.7 Å². The van der Waals surface area contributed by atoms with Gasteiger partial charge in [-0.2, -0.15) is 0 Å². The lowest BCUT2D eigenvalue weighted by Crippen LogP contribution is -2.24. The molecule has 1 aliphatic rings. The summed E-state index contributed by atoms with van der Waals surface area (Å²) in [5.74, 6) is 0.00331. The Bertz CT molecular complexity index is 1250. The maximum absolute atomic E-state index is 12.7. The number of thiazole rings is 1. The van der Waals surface area contributed by atoms with Gasteiger partial charge in [0, 0.05) is 49.2 Å². The summed E-state index contributed by atoms with van der Waals surface area (Å²) >= 11 is 3.32. The lowest BCUT2D eigenvalue weighted by atomic mass is 10.0. The topological polar surface area (TPSA) is 101 Å². The molecule has 3 N–H and O–H groups in total. The zero-order valence-corrected chi connectivity index (χ0v) is 19.9. The van der Waals surface area contributed by atoms with Gasteiger partial charge in [-0.1, -0.05) is 11.2 Å². The van der Waals surface area contributed by atoms with Gasteiger partial charge >= 0.3 is 0 Å². The summed E-state index contributed by atoms with van der Waals surface area (Å²) < 4.78 is 11.1. The minimum Gasteiger partial charge on any atom is -0.383 e. The summed E-state index contributed by atoms with van der Waals surface area (Å²) in [6, 6.07) is 6.21. The zero-order valence-electron chi connectivity index (χ0n) is 18.3. The van der Waals surface area contributed by atoms with Crippen molar-refractivity contribution in [3.63, 3.8) is 0 Å². The van der Waals surface area contributed by atoms with Gasteiger partial charge in [-0.25, -0.2) is 4.98 Å². The van der Waals surface area contributed by atoms with Crippen LogP contribution in [0.3, 0.4) is 0 Å². The van der Waals surface area contributed by atoms with Crippen LogP contribution in [0, 0.1) is 0 Å². The number of anilines is 1. The summed E-state index contributed by atoms with van der Waals surface area (Å²) in [6.07, 6.45) is 4.67. The predicted molar refractivity (Wildman–Crippen MR) is 132 cm³/mol. The van der Waals surface area contributed by atoms with Gasteiger partial charge < -0.3 is 25.2 Å². The quantitative estimate of drug-likeness (QED) is 0.311. The molecule has 1 aliphatic heterocycles. The van der Waals surface area contributed by atoms with E-state index >= 15 is 0 Å². The minimum atomic E-state index is 0.00331. The van der Waals surface area contributed by atoms with E-state index in [2.05, 4.69) is 39.3 Å². The molecule has 172 valence electrons. The Kier molecular flexibility index (Phi) is 6.79. The van der Waals surface area contributed by atoms with Gasteiger partial charge in [-0.15, -0.1) is 22.7 Å². The predicted octanol–water partition coefficient (Wildman–Crippen LogP) is 3.89. The lowest BCUT2D eigenvalue weighted by Gasteiger charge is -2.13. The molecule has 0 unspecified atom stereocenters. The fourth-order valence-corrected chi connectivity index (χ4v) is 6.22. The van der Waals surface area contributed by atoms with Crippen molar-refractivity contribution in [2.24, 2.45) is 0 Å². The molecule has 33 heavy (non-hydrogen) atoms. The smallest absolute Gasteiger partial charge is 0.226 e. The summed E-state index contributed by atoms with van der Waals surface area (Å²) in [6.45, 7) is 3.73. The number of benzene rings is 1. The van der Waals surface area contributed by atoms with Crippen LogP contribution < -0.4 is 16.0 Å². The zero-order chi connectivity index (χ0) is 22.6. The van der Waals surface area contributed by atoms with Crippen LogP contribution in [0.4, 0.5) is 5.00 Å². The van der Waals surface area contributed by atoms with Crippen molar-refractivity contribution in [3.05, 3.63) is 41.1 Å². The van der Waals surface area contributed by atoms with Crippen LogP contribution in [0.1, 0.15) is 16.9 Å². The highest BCUT2D eigenvalue weighted by Gasteiger charge is 2.25. The third-order valence-electron chi connectivity index (χ3n) is 5.56. The highest BCUT2D eigenvalue weighted by molar-refractivity contribution is 7.23. The molecule has 4 heterocycles. The maximum atomic E-state index is 12.7. The lowest BCUT2D eigenvalue weighted by molar-refractivity contribution is -0.116. The summed E-state index contributed by atoms with van der Waals surface area (Å²) in [4.78, 5) is 18.9. The second kappa shape index (κ2) is 10.1. The van der Waals surface area contributed by atoms with Gasteiger partial charge in [-0.05, 0) is 36.2 Å². The van der Waals surface area contributed by atoms with E-state index < -0.39 is 0 Å². The van der Waals surface area contributed by atoms with Crippen LogP contribution >= 0.6 is 22.7 Å². The molecular weight excluding hydrogens is 458 g/mol. The average Bonchev–Trinajstić information content (AvgIpc) is 3.56. The normalized spacial score (nSPS) is 13.4. The first-order valence-corrected chi connectivity index (χ1v) is 12.5. The number of rotatable bonds is 9. The van der Waals surface area contributed by atoms with E-state index in [4.69, 9.17) is 14.2 Å². The second-order valence-corrected chi connectivity index (χ2v) is 9.93.